The Morgan fingerprint density at radius 1 is 1.21 bits per heavy atom. The van der Waals surface area contributed by atoms with Gasteiger partial charge in [-0.15, -0.1) is 0 Å². The van der Waals surface area contributed by atoms with Crippen LogP contribution in [0.15, 0.2) is 53.9 Å². The van der Waals surface area contributed by atoms with Gasteiger partial charge in [0, 0.05) is 27.0 Å². The van der Waals surface area contributed by atoms with Crippen LogP contribution in [0, 0.1) is 11.6 Å². The molecule has 4 rings (SSSR count). The summed E-state index contributed by atoms with van der Waals surface area (Å²) in [5.74, 6) is -1.30. The highest BCUT2D eigenvalue weighted by molar-refractivity contribution is 8.00. The van der Waals surface area contributed by atoms with Gasteiger partial charge in [0.1, 0.15) is 29.7 Å². The average Bonchev–Trinajstić information content (AvgIpc) is 3.18. The van der Waals surface area contributed by atoms with Gasteiger partial charge in [0.05, 0.1) is 6.54 Å². The number of nitrogens with zero attached hydrogens (tertiary/aromatic N) is 3. The van der Waals surface area contributed by atoms with Crippen molar-refractivity contribution in [1.29, 1.82) is 0 Å². The van der Waals surface area contributed by atoms with Crippen molar-refractivity contribution in [3.8, 4) is 0 Å². The molecule has 1 aliphatic heterocycles. The van der Waals surface area contributed by atoms with E-state index in [1.807, 2.05) is 18.2 Å². The van der Waals surface area contributed by atoms with Gasteiger partial charge in [-0.1, -0.05) is 68.4 Å². The first kappa shape index (κ1) is 20.3. The van der Waals surface area contributed by atoms with Crippen molar-refractivity contribution >= 4 is 23.4 Å². The van der Waals surface area contributed by atoms with Crippen LogP contribution in [0.4, 0.5) is 8.78 Å². The Labute approximate surface area is 177 Å². The van der Waals surface area contributed by atoms with Crippen LogP contribution in [-0.4, -0.2) is 19.5 Å². The molecule has 152 valence electrons. The molecule has 4 nitrogen and oxygen atoms in total. The van der Waals surface area contributed by atoms with Crippen LogP contribution in [0.5, 0.6) is 0 Å². The molecule has 1 aliphatic rings. The molecule has 0 amide bonds. The van der Waals surface area contributed by atoms with Gasteiger partial charge in [0.2, 0.25) is 0 Å². The SMILES string of the molecule is CC(C)(C)Sc1ncnn1C[C@]1(c2ccc(F)cc2F)O[C@@H]1c1ccccc1Cl. The zero-order valence-corrected chi connectivity index (χ0v) is 17.8. The van der Waals surface area contributed by atoms with E-state index in [-0.39, 0.29) is 16.9 Å². The van der Waals surface area contributed by atoms with Gasteiger partial charge in [-0.3, -0.25) is 0 Å². The number of epoxide rings is 1. The number of aromatic nitrogens is 3. The number of thioether (sulfide) groups is 1. The van der Waals surface area contributed by atoms with E-state index < -0.39 is 23.3 Å². The molecular weight excluding hydrogens is 416 g/mol. The molecule has 0 unspecified atom stereocenters. The number of hydrogen-bond acceptors (Lipinski definition) is 4. The lowest BCUT2D eigenvalue weighted by molar-refractivity contribution is 0.250. The maximum absolute atomic E-state index is 14.8. The average molecular weight is 436 g/mol. The third-order valence-corrected chi connectivity index (χ3v) is 6.09. The minimum atomic E-state index is -1.05. The molecule has 3 aromatic rings. The van der Waals surface area contributed by atoms with Crippen molar-refractivity contribution in [2.75, 3.05) is 0 Å². The number of rotatable bonds is 5. The monoisotopic (exact) mass is 435 g/mol. The predicted octanol–water partition coefficient (Wildman–Crippen LogP) is 5.77. The molecule has 29 heavy (non-hydrogen) atoms. The summed E-state index contributed by atoms with van der Waals surface area (Å²) in [6, 6.07) is 10.8. The molecule has 0 radical (unpaired) electrons. The molecule has 1 fully saturated rings. The zero-order chi connectivity index (χ0) is 20.8. The van der Waals surface area contributed by atoms with E-state index in [1.54, 1.807) is 22.5 Å². The van der Waals surface area contributed by atoms with Crippen LogP contribution in [0.3, 0.4) is 0 Å². The van der Waals surface area contributed by atoms with Crippen molar-refractivity contribution < 1.29 is 13.5 Å². The molecule has 0 bridgehead atoms. The molecule has 0 saturated carbocycles. The molecule has 2 atom stereocenters. The first-order valence-corrected chi connectivity index (χ1v) is 10.3. The summed E-state index contributed by atoms with van der Waals surface area (Å²) in [6.07, 6.45) is 0.989. The van der Waals surface area contributed by atoms with Gasteiger partial charge < -0.3 is 4.74 Å². The third-order valence-electron chi connectivity index (χ3n) is 4.63. The van der Waals surface area contributed by atoms with E-state index in [4.69, 9.17) is 16.3 Å². The molecule has 2 aromatic carbocycles. The molecule has 0 aliphatic carbocycles. The molecule has 0 spiro atoms. The smallest absolute Gasteiger partial charge is 0.186 e. The normalized spacial score (nSPS) is 21.4. The number of ether oxygens (including phenoxy) is 1. The van der Waals surface area contributed by atoms with Crippen LogP contribution < -0.4 is 0 Å². The zero-order valence-electron chi connectivity index (χ0n) is 16.2. The Morgan fingerprint density at radius 3 is 2.66 bits per heavy atom. The molecule has 2 heterocycles. The second kappa shape index (κ2) is 7.38. The minimum Gasteiger partial charge on any atom is -0.354 e. The number of halogens is 3. The summed E-state index contributed by atoms with van der Waals surface area (Å²) in [6.45, 7) is 6.45. The lowest BCUT2D eigenvalue weighted by Crippen LogP contribution is -2.23. The van der Waals surface area contributed by atoms with Crippen molar-refractivity contribution in [3.05, 3.63) is 76.6 Å². The highest BCUT2D eigenvalue weighted by Crippen LogP contribution is 2.60. The van der Waals surface area contributed by atoms with Gasteiger partial charge >= 0.3 is 0 Å². The van der Waals surface area contributed by atoms with Gasteiger partial charge in [-0.25, -0.2) is 18.4 Å². The van der Waals surface area contributed by atoms with Crippen molar-refractivity contribution in [2.45, 2.75) is 48.9 Å². The first-order chi connectivity index (χ1) is 13.7. The maximum Gasteiger partial charge on any atom is 0.186 e. The number of hydrogen-bond donors (Lipinski definition) is 0. The second-order valence-electron chi connectivity index (χ2n) is 7.95. The Balaban J connectivity index is 1.76. The van der Waals surface area contributed by atoms with Crippen molar-refractivity contribution in [2.24, 2.45) is 0 Å². The van der Waals surface area contributed by atoms with E-state index in [9.17, 15) is 8.78 Å². The lowest BCUT2D eigenvalue weighted by Gasteiger charge is -2.20. The third kappa shape index (κ3) is 4.04. The Morgan fingerprint density at radius 2 is 1.97 bits per heavy atom. The van der Waals surface area contributed by atoms with Crippen LogP contribution in [0.1, 0.15) is 38.0 Å². The largest absolute Gasteiger partial charge is 0.354 e. The Hall–Kier alpha value is -1.96. The van der Waals surface area contributed by atoms with Crippen molar-refractivity contribution in [1.82, 2.24) is 14.8 Å². The summed E-state index contributed by atoms with van der Waals surface area (Å²) < 4.78 is 36.0. The Kier molecular flexibility index (Phi) is 5.17. The standard InChI is InChI=1S/C21H20ClF2N3OS/c1-20(2,3)29-19-25-12-26-27(19)11-21(15-9-8-13(23)10-17(15)24)18(28-21)14-6-4-5-7-16(14)22/h4-10,12,18H,11H2,1-3H3/t18-,21-/m1/s1. The summed E-state index contributed by atoms with van der Waals surface area (Å²) in [4.78, 5) is 4.34. The second-order valence-corrected chi connectivity index (χ2v) is 10.1. The Bertz CT molecular complexity index is 1050. The van der Waals surface area contributed by atoms with E-state index in [1.165, 1.54) is 18.5 Å². The molecule has 8 heteroatoms. The summed E-state index contributed by atoms with van der Waals surface area (Å²) >= 11 is 7.93. The van der Waals surface area contributed by atoms with Crippen LogP contribution in [0.25, 0.3) is 0 Å². The fourth-order valence-electron chi connectivity index (χ4n) is 3.36. The van der Waals surface area contributed by atoms with Crippen LogP contribution in [0.2, 0.25) is 5.02 Å². The van der Waals surface area contributed by atoms with Gasteiger partial charge in [-0.2, -0.15) is 5.10 Å². The fourth-order valence-corrected chi connectivity index (χ4v) is 4.46. The van der Waals surface area contributed by atoms with E-state index in [0.29, 0.717) is 10.2 Å². The molecule has 1 saturated heterocycles. The predicted molar refractivity (Wildman–Crippen MR) is 109 cm³/mol. The molecule has 1 aromatic heterocycles. The van der Waals surface area contributed by atoms with Crippen molar-refractivity contribution in [3.63, 3.8) is 0 Å². The highest BCUT2D eigenvalue weighted by atomic mass is 35.5. The first-order valence-electron chi connectivity index (χ1n) is 9.14. The number of benzene rings is 2. The summed E-state index contributed by atoms with van der Waals surface area (Å²) in [5, 5.41) is 5.56. The maximum atomic E-state index is 14.8. The van der Waals surface area contributed by atoms with Crippen LogP contribution >= 0.6 is 23.4 Å². The lowest BCUT2D eigenvalue weighted by atomic mass is 9.91. The topological polar surface area (TPSA) is 43.2 Å². The van der Waals surface area contributed by atoms with Gasteiger partial charge in [0.25, 0.3) is 0 Å². The molecular formula is C21H20ClF2N3OS. The fraction of sp³-hybridized carbons (Fsp3) is 0.333. The van der Waals surface area contributed by atoms with Gasteiger partial charge in [-0.05, 0) is 12.1 Å². The summed E-state index contributed by atoms with van der Waals surface area (Å²) in [7, 11) is 0. The van der Waals surface area contributed by atoms with Gasteiger partial charge in [0.15, 0.2) is 5.16 Å². The van der Waals surface area contributed by atoms with E-state index >= 15 is 0 Å². The minimum absolute atomic E-state index is 0.0778. The highest BCUT2D eigenvalue weighted by Gasteiger charge is 2.61. The van der Waals surface area contributed by atoms with E-state index in [2.05, 4.69) is 30.9 Å². The van der Waals surface area contributed by atoms with Crippen LogP contribution in [-0.2, 0) is 16.9 Å². The quantitative estimate of drug-likeness (QED) is 0.377. The molecule has 0 N–H and O–H groups in total. The summed E-state index contributed by atoms with van der Waals surface area (Å²) in [5.41, 5.74) is -0.0296. The van der Waals surface area contributed by atoms with E-state index in [0.717, 1.165) is 11.6 Å².